The van der Waals surface area contributed by atoms with Gasteiger partial charge in [0.1, 0.15) is 11.9 Å². The molecule has 2 atom stereocenters. The van der Waals surface area contributed by atoms with Gasteiger partial charge in [-0.2, -0.15) is 8.42 Å². The van der Waals surface area contributed by atoms with E-state index in [0.717, 1.165) is 16.5 Å². The van der Waals surface area contributed by atoms with Gasteiger partial charge in [-0.1, -0.05) is 48.0 Å². The molecule has 1 N–H and O–H groups in total. The molecule has 4 aromatic rings. The van der Waals surface area contributed by atoms with Crippen LogP contribution in [0.3, 0.4) is 0 Å². The van der Waals surface area contributed by atoms with Crippen molar-refractivity contribution >= 4 is 21.0 Å². The number of benzene rings is 3. The van der Waals surface area contributed by atoms with E-state index in [4.69, 9.17) is 4.18 Å². The highest BCUT2D eigenvalue weighted by molar-refractivity contribution is 7.86. The van der Waals surface area contributed by atoms with E-state index < -0.39 is 34.7 Å². The predicted molar refractivity (Wildman–Crippen MR) is 117 cm³/mol. The lowest BCUT2D eigenvalue weighted by Crippen LogP contribution is -2.30. The summed E-state index contributed by atoms with van der Waals surface area (Å²) in [7, 11) is -4.05. The van der Waals surface area contributed by atoms with Crippen molar-refractivity contribution in [1.82, 2.24) is 4.57 Å². The number of hydrogen-bond acceptors (Lipinski definition) is 4. The third kappa shape index (κ3) is 4.54. The van der Waals surface area contributed by atoms with Gasteiger partial charge in [0.25, 0.3) is 10.1 Å². The van der Waals surface area contributed by atoms with E-state index in [9.17, 15) is 17.9 Å². The summed E-state index contributed by atoms with van der Waals surface area (Å²) in [4.78, 5) is 0.0130. The fraction of sp³-hybridized carbons (Fsp3) is 0.167. The third-order valence-corrected chi connectivity index (χ3v) is 6.48. The van der Waals surface area contributed by atoms with Crippen LogP contribution in [0.1, 0.15) is 17.2 Å². The van der Waals surface area contributed by atoms with Crippen LogP contribution in [-0.2, 0) is 14.3 Å². The number of para-hydroxylation sites is 1. The first-order valence-corrected chi connectivity index (χ1v) is 11.2. The zero-order valence-electron chi connectivity index (χ0n) is 16.9. The van der Waals surface area contributed by atoms with Crippen LogP contribution in [0.15, 0.2) is 90.0 Å². The average Bonchev–Trinajstić information content (AvgIpc) is 3.17. The summed E-state index contributed by atoms with van der Waals surface area (Å²) in [6.07, 6.45) is 0.538. The maximum atomic E-state index is 14.0. The number of rotatable bonds is 7. The summed E-state index contributed by atoms with van der Waals surface area (Å²) >= 11 is 0. The van der Waals surface area contributed by atoms with E-state index in [-0.39, 0.29) is 4.90 Å². The first kappa shape index (κ1) is 21.2. The lowest BCUT2D eigenvalue weighted by Gasteiger charge is -2.26. The van der Waals surface area contributed by atoms with Crippen molar-refractivity contribution in [2.45, 2.75) is 24.0 Å². The number of aryl methyl sites for hydroxylation is 1. The number of fused-ring (bicyclic) bond motifs is 1. The smallest absolute Gasteiger partial charge is 0.297 e. The Morgan fingerprint density at radius 1 is 1.00 bits per heavy atom. The first-order chi connectivity index (χ1) is 14.8. The summed E-state index contributed by atoms with van der Waals surface area (Å²) in [5.41, 5.74) is 2.26. The number of nitrogens with zero attached hydrogens (tertiary/aromatic N) is 1. The molecule has 31 heavy (non-hydrogen) atoms. The van der Waals surface area contributed by atoms with E-state index in [1.165, 1.54) is 24.3 Å². The highest BCUT2D eigenvalue weighted by atomic mass is 32.2. The molecule has 0 amide bonds. The van der Waals surface area contributed by atoms with Gasteiger partial charge < -0.3 is 9.67 Å². The Kier molecular flexibility index (Phi) is 5.91. The summed E-state index contributed by atoms with van der Waals surface area (Å²) < 4.78 is 46.1. The molecule has 0 radical (unpaired) electrons. The van der Waals surface area contributed by atoms with E-state index in [0.29, 0.717) is 5.56 Å². The molecular formula is C24H22FNO4S. The minimum Gasteiger partial charge on any atom is -0.388 e. The molecule has 0 aliphatic carbocycles. The fourth-order valence-corrected chi connectivity index (χ4v) is 4.55. The van der Waals surface area contributed by atoms with Crippen LogP contribution in [0.5, 0.6) is 0 Å². The second-order valence-electron chi connectivity index (χ2n) is 7.40. The fourth-order valence-electron chi connectivity index (χ4n) is 3.63. The molecule has 3 aromatic carbocycles. The van der Waals surface area contributed by atoms with Crippen LogP contribution in [0.2, 0.25) is 0 Å². The van der Waals surface area contributed by atoms with Gasteiger partial charge in [-0.3, -0.25) is 4.18 Å². The van der Waals surface area contributed by atoms with Gasteiger partial charge in [0, 0.05) is 11.7 Å². The Labute approximate surface area is 180 Å². The van der Waals surface area contributed by atoms with Gasteiger partial charge in [0.15, 0.2) is 0 Å². The van der Waals surface area contributed by atoms with Crippen molar-refractivity contribution in [3.63, 3.8) is 0 Å². The second kappa shape index (κ2) is 8.63. The van der Waals surface area contributed by atoms with Crippen LogP contribution in [0.25, 0.3) is 10.9 Å². The average molecular weight is 440 g/mol. The zero-order chi connectivity index (χ0) is 22.0. The number of aliphatic hydroxyl groups excluding tert-OH is 1. The van der Waals surface area contributed by atoms with Crippen molar-refractivity contribution in [2.75, 3.05) is 6.61 Å². The molecule has 1 aromatic heterocycles. The SMILES string of the molecule is Cc1ccc(S(=O)(=O)OC[C@@H](O)[C@H](c2cccc(F)c2)n2ccc3ccccc32)cc1. The predicted octanol–water partition coefficient (Wildman–Crippen LogP) is 4.44. The van der Waals surface area contributed by atoms with Gasteiger partial charge in [-0.15, -0.1) is 0 Å². The van der Waals surface area contributed by atoms with E-state index in [2.05, 4.69) is 0 Å². The van der Waals surface area contributed by atoms with Gasteiger partial charge in [-0.25, -0.2) is 4.39 Å². The van der Waals surface area contributed by atoms with Crippen LogP contribution in [-0.4, -0.2) is 30.8 Å². The maximum absolute atomic E-state index is 14.0. The van der Waals surface area contributed by atoms with Crippen LogP contribution in [0.4, 0.5) is 4.39 Å². The van der Waals surface area contributed by atoms with Gasteiger partial charge in [0.05, 0.1) is 17.5 Å². The molecule has 160 valence electrons. The second-order valence-corrected chi connectivity index (χ2v) is 9.02. The first-order valence-electron chi connectivity index (χ1n) is 9.80. The molecule has 0 fully saturated rings. The molecule has 0 unspecified atom stereocenters. The Balaban J connectivity index is 1.66. The molecule has 0 saturated heterocycles. The lowest BCUT2D eigenvalue weighted by atomic mass is 10.0. The summed E-state index contributed by atoms with van der Waals surface area (Å²) in [6.45, 7) is 1.37. The molecule has 1 heterocycles. The minimum atomic E-state index is -4.05. The van der Waals surface area contributed by atoms with Crippen LogP contribution < -0.4 is 0 Å². The number of aliphatic hydroxyl groups is 1. The highest BCUT2D eigenvalue weighted by Crippen LogP contribution is 2.29. The van der Waals surface area contributed by atoms with Crippen molar-refractivity contribution in [3.8, 4) is 0 Å². The van der Waals surface area contributed by atoms with Crippen LogP contribution >= 0.6 is 0 Å². The van der Waals surface area contributed by atoms with Crippen molar-refractivity contribution in [1.29, 1.82) is 0 Å². The molecule has 0 bridgehead atoms. The molecule has 0 saturated carbocycles. The Morgan fingerprint density at radius 3 is 2.48 bits per heavy atom. The normalized spacial score (nSPS) is 13.9. The Bertz CT molecular complexity index is 1300. The lowest BCUT2D eigenvalue weighted by molar-refractivity contribution is 0.0784. The molecule has 4 rings (SSSR count). The van der Waals surface area contributed by atoms with Gasteiger partial charge in [0.2, 0.25) is 0 Å². The molecule has 0 aliphatic rings. The quantitative estimate of drug-likeness (QED) is 0.432. The third-order valence-electron chi connectivity index (χ3n) is 5.19. The van der Waals surface area contributed by atoms with Crippen molar-refractivity contribution < 1.29 is 22.1 Å². The topological polar surface area (TPSA) is 68.5 Å². The maximum Gasteiger partial charge on any atom is 0.297 e. The number of halogens is 1. The summed E-state index contributed by atoms with van der Waals surface area (Å²) in [5, 5.41) is 12.0. The monoisotopic (exact) mass is 439 g/mol. The zero-order valence-corrected chi connectivity index (χ0v) is 17.7. The van der Waals surface area contributed by atoms with Crippen molar-refractivity contribution in [2.24, 2.45) is 0 Å². The summed E-state index contributed by atoms with van der Waals surface area (Å²) in [5.74, 6) is -0.445. The molecular weight excluding hydrogens is 417 g/mol. The number of aromatic nitrogens is 1. The molecule has 5 nitrogen and oxygen atoms in total. The van der Waals surface area contributed by atoms with E-state index in [1.807, 2.05) is 37.3 Å². The molecule has 0 spiro atoms. The standard InChI is InChI=1S/C24H22FNO4S/c1-17-9-11-21(12-10-17)31(28,29)30-16-23(27)24(19-6-4-7-20(25)15-19)26-14-13-18-5-2-3-8-22(18)26/h2-15,23-24,27H,16H2,1H3/t23-,24+/m1/s1. The van der Waals surface area contributed by atoms with Crippen LogP contribution in [0, 0.1) is 12.7 Å². The number of hydrogen-bond donors (Lipinski definition) is 1. The Hall–Kier alpha value is -3.00. The Morgan fingerprint density at radius 2 is 1.74 bits per heavy atom. The largest absolute Gasteiger partial charge is 0.388 e. The molecule has 0 aliphatic heterocycles. The highest BCUT2D eigenvalue weighted by Gasteiger charge is 2.27. The van der Waals surface area contributed by atoms with Crippen molar-refractivity contribution in [3.05, 3.63) is 102 Å². The summed E-state index contributed by atoms with van der Waals surface area (Å²) in [6, 6.07) is 20.9. The van der Waals surface area contributed by atoms with E-state index in [1.54, 1.807) is 35.0 Å². The minimum absolute atomic E-state index is 0.0130. The van der Waals surface area contributed by atoms with Gasteiger partial charge in [-0.05, 0) is 54.3 Å². The molecule has 7 heteroatoms. The van der Waals surface area contributed by atoms with E-state index >= 15 is 0 Å². The van der Waals surface area contributed by atoms with Gasteiger partial charge >= 0.3 is 0 Å².